The van der Waals surface area contributed by atoms with Crippen molar-refractivity contribution in [3.05, 3.63) is 17.8 Å². The lowest BCUT2D eigenvalue weighted by Crippen LogP contribution is -2.32. The molecule has 0 unspecified atom stereocenters. The molecule has 15 heavy (non-hydrogen) atoms. The summed E-state index contributed by atoms with van der Waals surface area (Å²) >= 11 is 0. The average molecular weight is 205 g/mol. The largest absolute Gasteiger partial charge is 0.384 e. The molecule has 0 amide bonds. The molecule has 3 N–H and O–H groups in total. The number of nitrogen functional groups attached to an aromatic ring is 1. The van der Waals surface area contributed by atoms with Gasteiger partial charge in [-0.3, -0.25) is 5.41 Å². The van der Waals surface area contributed by atoms with Crippen LogP contribution in [-0.2, 0) is 0 Å². The Morgan fingerprint density at radius 1 is 1.33 bits per heavy atom. The molecule has 1 fully saturated rings. The SMILES string of the molecule is N=C(N)c1ccnnc1N1CCCCC1. The third kappa shape index (κ3) is 2.06. The molecule has 5 heteroatoms. The molecule has 2 heterocycles. The zero-order chi connectivity index (χ0) is 10.7. The van der Waals surface area contributed by atoms with Crippen LogP contribution in [0.2, 0.25) is 0 Å². The van der Waals surface area contributed by atoms with E-state index in [4.69, 9.17) is 11.1 Å². The number of rotatable bonds is 2. The van der Waals surface area contributed by atoms with Crippen LogP contribution in [0, 0.1) is 5.41 Å². The van der Waals surface area contributed by atoms with Crippen molar-refractivity contribution >= 4 is 11.7 Å². The average Bonchev–Trinajstić information content (AvgIpc) is 2.30. The van der Waals surface area contributed by atoms with Crippen molar-refractivity contribution in [1.82, 2.24) is 10.2 Å². The molecule has 0 aromatic carbocycles. The molecule has 1 aromatic rings. The minimum Gasteiger partial charge on any atom is -0.384 e. The first kappa shape index (κ1) is 9.89. The molecule has 1 aliphatic heterocycles. The summed E-state index contributed by atoms with van der Waals surface area (Å²) in [4.78, 5) is 2.16. The molecule has 0 saturated carbocycles. The molecule has 80 valence electrons. The second kappa shape index (κ2) is 4.25. The summed E-state index contributed by atoms with van der Waals surface area (Å²) < 4.78 is 0. The van der Waals surface area contributed by atoms with Gasteiger partial charge in [0.25, 0.3) is 0 Å². The first-order valence-electron chi connectivity index (χ1n) is 5.20. The molecule has 0 atom stereocenters. The molecule has 1 saturated heterocycles. The predicted octanol–water partition coefficient (Wildman–Crippen LogP) is 0.751. The highest BCUT2D eigenvalue weighted by atomic mass is 15.3. The molecule has 0 spiro atoms. The molecule has 0 radical (unpaired) electrons. The lowest BCUT2D eigenvalue weighted by molar-refractivity contribution is 0.571. The lowest BCUT2D eigenvalue weighted by atomic mass is 10.1. The molecule has 1 aromatic heterocycles. The Labute approximate surface area is 88.8 Å². The maximum Gasteiger partial charge on any atom is 0.162 e. The van der Waals surface area contributed by atoms with E-state index in [1.807, 2.05) is 0 Å². The van der Waals surface area contributed by atoms with E-state index in [1.54, 1.807) is 12.3 Å². The Balaban J connectivity index is 2.29. The van der Waals surface area contributed by atoms with Crippen LogP contribution >= 0.6 is 0 Å². The highest BCUT2D eigenvalue weighted by Crippen LogP contribution is 2.20. The Bertz CT molecular complexity index is 357. The number of piperidine rings is 1. The van der Waals surface area contributed by atoms with Gasteiger partial charge in [-0.2, -0.15) is 5.10 Å². The van der Waals surface area contributed by atoms with Crippen molar-refractivity contribution in [2.24, 2.45) is 5.73 Å². The molecule has 0 aliphatic carbocycles. The maximum absolute atomic E-state index is 7.48. The van der Waals surface area contributed by atoms with Crippen LogP contribution in [0.1, 0.15) is 24.8 Å². The Morgan fingerprint density at radius 2 is 2.07 bits per heavy atom. The van der Waals surface area contributed by atoms with Gasteiger partial charge in [0.05, 0.1) is 11.8 Å². The lowest BCUT2D eigenvalue weighted by Gasteiger charge is -2.28. The Kier molecular flexibility index (Phi) is 2.80. The van der Waals surface area contributed by atoms with Gasteiger partial charge in [0.2, 0.25) is 0 Å². The fourth-order valence-corrected chi connectivity index (χ4v) is 1.87. The van der Waals surface area contributed by atoms with Crippen LogP contribution in [0.5, 0.6) is 0 Å². The van der Waals surface area contributed by atoms with Crippen molar-refractivity contribution in [2.45, 2.75) is 19.3 Å². The van der Waals surface area contributed by atoms with Crippen LogP contribution in [0.25, 0.3) is 0 Å². The van der Waals surface area contributed by atoms with Crippen molar-refractivity contribution in [1.29, 1.82) is 5.41 Å². The monoisotopic (exact) mass is 205 g/mol. The summed E-state index contributed by atoms with van der Waals surface area (Å²) in [6, 6.07) is 1.75. The van der Waals surface area contributed by atoms with E-state index in [-0.39, 0.29) is 5.84 Å². The Morgan fingerprint density at radius 3 is 2.73 bits per heavy atom. The number of hydrogen-bond donors (Lipinski definition) is 2. The van der Waals surface area contributed by atoms with E-state index >= 15 is 0 Å². The number of amidine groups is 1. The summed E-state index contributed by atoms with van der Waals surface area (Å²) in [6.07, 6.45) is 5.19. The van der Waals surface area contributed by atoms with Gasteiger partial charge in [-0.15, -0.1) is 5.10 Å². The van der Waals surface area contributed by atoms with E-state index in [1.165, 1.54) is 19.3 Å². The standard InChI is InChI=1S/C10H15N5/c11-9(12)8-4-5-13-14-10(8)15-6-2-1-3-7-15/h4-5H,1-3,6-7H2,(H3,11,12). The van der Waals surface area contributed by atoms with Crippen LogP contribution in [0.3, 0.4) is 0 Å². The quantitative estimate of drug-likeness (QED) is 0.551. The first-order chi connectivity index (χ1) is 7.29. The van der Waals surface area contributed by atoms with Gasteiger partial charge in [-0.25, -0.2) is 0 Å². The smallest absolute Gasteiger partial charge is 0.162 e. The van der Waals surface area contributed by atoms with E-state index < -0.39 is 0 Å². The van der Waals surface area contributed by atoms with Crippen LogP contribution in [0.4, 0.5) is 5.82 Å². The third-order valence-corrected chi connectivity index (χ3v) is 2.65. The van der Waals surface area contributed by atoms with Crippen molar-refractivity contribution in [3.8, 4) is 0 Å². The van der Waals surface area contributed by atoms with E-state index in [9.17, 15) is 0 Å². The van der Waals surface area contributed by atoms with Gasteiger partial charge in [0.1, 0.15) is 5.84 Å². The molecular weight excluding hydrogens is 190 g/mol. The summed E-state index contributed by atoms with van der Waals surface area (Å²) in [7, 11) is 0. The van der Waals surface area contributed by atoms with E-state index in [2.05, 4.69) is 15.1 Å². The fraction of sp³-hybridized carbons (Fsp3) is 0.500. The third-order valence-electron chi connectivity index (χ3n) is 2.65. The summed E-state index contributed by atoms with van der Waals surface area (Å²) in [6.45, 7) is 1.97. The van der Waals surface area contributed by atoms with E-state index in [0.29, 0.717) is 5.56 Å². The van der Waals surface area contributed by atoms with Crippen LogP contribution < -0.4 is 10.6 Å². The normalized spacial score (nSPS) is 16.4. The Hall–Kier alpha value is -1.65. The number of nitrogens with zero attached hydrogens (tertiary/aromatic N) is 3. The summed E-state index contributed by atoms with van der Waals surface area (Å²) in [5.74, 6) is 0.815. The highest BCUT2D eigenvalue weighted by molar-refractivity contribution is 5.99. The van der Waals surface area contributed by atoms with Gasteiger partial charge in [0.15, 0.2) is 5.82 Å². The minimum absolute atomic E-state index is 0.0606. The zero-order valence-electron chi connectivity index (χ0n) is 8.61. The molecule has 2 rings (SSSR count). The van der Waals surface area contributed by atoms with Crippen molar-refractivity contribution in [3.63, 3.8) is 0 Å². The number of anilines is 1. The second-order valence-corrected chi connectivity index (χ2v) is 3.73. The van der Waals surface area contributed by atoms with Crippen molar-refractivity contribution < 1.29 is 0 Å². The van der Waals surface area contributed by atoms with Crippen LogP contribution in [0.15, 0.2) is 12.3 Å². The first-order valence-corrected chi connectivity index (χ1v) is 5.20. The number of nitrogens with one attached hydrogen (secondary N) is 1. The van der Waals surface area contributed by atoms with Crippen LogP contribution in [-0.4, -0.2) is 29.1 Å². The van der Waals surface area contributed by atoms with Gasteiger partial charge in [-0.1, -0.05) is 0 Å². The molecule has 0 bridgehead atoms. The zero-order valence-corrected chi connectivity index (χ0v) is 8.61. The predicted molar refractivity (Wildman–Crippen MR) is 59.1 cm³/mol. The summed E-state index contributed by atoms with van der Waals surface area (Å²) in [5, 5.41) is 15.4. The summed E-state index contributed by atoms with van der Waals surface area (Å²) in [5.41, 5.74) is 6.20. The molecule has 5 nitrogen and oxygen atoms in total. The topological polar surface area (TPSA) is 78.9 Å². The highest BCUT2D eigenvalue weighted by Gasteiger charge is 2.17. The van der Waals surface area contributed by atoms with Gasteiger partial charge in [0, 0.05) is 13.1 Å². The molecular formula is C10H15N5. The van der Waals surface area contributed by atoms with Gasteiger partial charge in [-0.05, 0) is 25.3 Å². The maximum atomic E-state index is 7.48. The minimum atomic E-state index is 0.0606. The van der Waals surface area contributed by atoms with Gasteiger partial charge >= 0.3 is 0 Å². The fourth-order valence-electron chi connectivity index (χ4n) is 1.87. The molecule has 1 aliphatic rings. The van der Waals surface area contributed by atoms with Gasteiger partial charge < -0.3 is 10.6 Å². The number of aromatic nitrogens is 2. The second-order valence-electron chi connectivity index (χ2n) is 3.73. The van der Waals surface area contributed by atoms with E-state index in [0.717, 1.165) is 18.9 Å². The number of nitrogens with two attached hydrogens (primary N) is 1. The number of hydrogen-bond acceptors (Lipinski definition) is 4. The van der Waals surface area contributed by atoms with Crippen molar-refractivity contribution in [2.75, 3.05) is 18.0 Å².